The molecule has 226 valence electrons. The van der Waals surface area contributed by atoms with Crippen LogP contribution in [0.5, 0.6) is 0 Å². The molecule has 0 atom stereocenters. The lowest BCUT2D eigenvalue weighted by Crippen LogP contribution is -1.98. The molecule has 7 aromatic carbocycles. The number of rotatable bonds is 5. The predicted molar refractivity (Wildman–Crippen MR) is 200 cm³/mol. The van der Waals surface area contributed by atoms with E-state index in [0.29, 0.717) is 11.6 Å². The summed E-state index contributed by atoms with van der Waals surface area (Å²) in [6, 6.07) is 49.9. The Kier molecular flexibility index (Phi) is 6.94. The van der Waals surface area contributed by atoms with Crippen LogP contribution < -0.4 is 0 Å². The Hall–Kier alpha value is -6.19. The molecule has 3 nitrogen and oxygen atoms in total. The van der Waals surface area contributed by atoms with Crippen LogP contribution >= 0.6 is 0 Å². The lowest BCUT2D eigenvalue weighted by molar-refractivity contribution is 1.04. The molecule has 0 fully saturated rings. The minimum absolute atomic E-state index is 0.656. The highest BCUT2D eigenvalue weighted by Crippen LogP contribution is 2.41. The molecule has 0 saturated heterocycles. The van der Waals surface area contributed by atoms with Crippen molar-refractivity contribution in [1.29, 1.82) is 0 Å². The van der Waals surface area contributed by atoms with Gasteiger partial charge in [0.25, 0.3) is 0 Å². The molecule has 3 heteroatoms. The van der Waals surface area contributed by atoms with E-state index in [0.717, 1.165) is 35.1 Å². The molecule has 1 aromatic heterocycles. The lowest BCUT2D eigenvalue weighted by Gasteiger charge is -2.16. The summed E-state index contributed by atoms with van der Waals surface area (Å²) < 4.78 is 0. The Bertz CT molecular complexity index is 2540. The second-order valence-corrected chi connectivity index (χ2v) is 12.3. The van der Waals surface area contributed by atoms with Gasteiger partial charge in [0.15, 0.2) is 11.6 Å². The van der Waals surface area contributed by atoms with Crippen molar-refractivity contribution in [3.8, 4) is 45.0 Å². The fourth-order valence-electron chi connectivity index (χ4n) is 7.19. The van der Waals surface area contributed by atoms with Crippen molar-refractivity contribution in [2.75, 3.05) is 0 Å². The molecular formula is C45H31N3. The third-order valence-electron chi connectivity index (χ3n) is 9.46. The van der Waals surface area contributed by atoms with Crippen LogP contribution in [0.15, 0.2) is 164 Å². The van der Waals surface area contributed by atoms with Gasteiger partial charge in [-0.3, -0.25) is 0 Å². The lowest BCUT2D eigenvalue weighted by atomic mass is 9.88. The zero-order chi connectivity index (χ0) is 31.9. The maximum atomic E-state index is 5.03. The first-order valence-electron chi connectivity index (χ1n) is 16.5. The Morgan fingerprint density at radius 3 is 1.69 bits per heavy atom. The van der Waals surface area contributed by atoms with Crippen molar-refractivity contribution in [2.45, 2.75) is 12.8 Å². The third kappa shape index (κ3) is 4.88. The third-order valence-corrected chi connectivity index (χ3v) is 9.46. The van der Waals surface area contributed by atoms with E-state index in [2.05, 4.69) is 163 Å². The van der Waals surface area contributed by atoms with Crippen molar-refractivity contribution < 1.29 is 0 Å². The molecule has 1 heterocycles. The zero-order valence-electron chi connectivity index (χ0n) is 26.3. The largest absolute Gasteiger partial charge is 0.217 e. The van der Waals surface area contributed by atoms with E-state index in [1.54, 1.807) is 6.33 Å². The minimum Gasteiger partial charge on any atom is -0.217 e. The van der Waals surface area contributed by atoms with Gasteiger partial charge in [0.1, 0.15) is 6.33 Å². The minimum atomic E-state index is 0.656. The van der Waals surface area contributed by atoms with Crippen molar-refractivity contribution in [3.05, 3.63) is 170 Å². The second kappa shape index (κ2) is 11.9. The van der Waals surface area contributed by atoms with Crippen LogP contribution in [0.1, 0.15) is 18.4 Å². The van der Waals surface area contributed by atoms with Gasteiger partial charge in [-0.25, -0.2) is 15.0 Å². The van der Waals surface area contributed by atoms with E-state index in [9.17, 15) is 0 Å². The molecular weight excluding hydrogens is 583 g/mol. The summed E-state index contributed by atoms with van der Waals surface area (Å²) in [6.45, 7) is 0. The van der Waals surface area contributed by atoms with Gasteiger partial charge in [-0.15, -0.1) is 0 Å². The fraction of sp³-hybridized carbons (Fsp3) is 0.0444. The highest BCUT2D eigenvalue weighted by molar-refractivity contribution is 6.25. The molecule has 0 N–H and O–H groups in total. The van der Waals surface area contributed by atoms with E-state index < -0.39 is 0 Å². The Morgan fingerprint density at radius 1 is 0.396 bits per heavy atom. The first kappa shape index (κ1) is 28.1. The maximum absolute atomic E-state index is 5.03. The Morgan fingerprint density at radius 2 is 0.979 bits per heavy atom. The van der Waals surface area contributed by atoms with E-state index in [1.807, 2.05) is 0 Å². The molecule has 0 spiro atoms. The number of hydrogen-bond donors (Lipinski definition) is 0. The van der Waals surface area contributed by atoms with Gasteiger partial charge in [0.05, 0.1) is 0 Å². The van der Waals surface area contributed by atoms with Crippen LogP contribution in [0.4, 0.5) is 0 Å². The topological polar surface area (TPSA) is 38.7 Å². The first-order chi connectivity index (χ1) is 23.8. The van der Waals surface area contributed by atoms with Crippen LogP contribution in [0.3, 0.4) is 0 Å². The second-order valence-electron chi connectivity index (χ2n) is 12.3. The van der Waals surface area contributed by atoms with Gasteiger partial charge < -0.3 is 0 Å². The van der Waals surface area contributed by atoms with Gasteiger partial charge >= 0.3 is 0 Å². The predicted octanol–water partition coefficient (Wildman–Crippen LogP) is 11.7. The van der Waals surface area contributed by atoms with Gasteiger partial charge in [0.2, 0.25) is 0 Å². The standard InChI is InChI=1S/C45H31N3/c1-2-13-30(14-3-1)31-15-12-16-33(27-31)44-46-29-47-45(48-44)42-24-11-10-22-39(42)35-18-5-4-17-34(35)32-25-26-41-38-21-7-6-19-36(38)37-20-8-9-23-40(37)43(41)28-32/h2,4-29H,1,3H2. The van der Waals surface area contributed by atoms with Gasteiger partial charge in [-0.1, -0.05) is 146 Å². The average molecular weight is 614 g/mol. The molecule has 0 unspecified atom stereocenters. The van der Waals surface area contributed by atoms with E-state index in [1.165, 1.54) is 54.6 Å². The highest BCUT2D eigenvalue weighted by atomic mass is 15.0. The average Bonchev–Trinajstić information content (AvgIpc) is 3.18. The monoisotopic (exact) mass is 613 g/mol. The van der Waals surface area contributed by atoms with Gasteiger partial charge in [0, 0.05) is 11.1 Å². The van der Waals surface area contributed by atoms with Gasteiger partial charge in [-0.05, 0) is 90.7 Å². The maximum Gasteiger partial charge on any atom is 0.163 e. The summed E-state index contributed by atoms with van der Waals surface area (Å²) in [5.74, 6) is 1.32. The van der Waals surface area contributed by atoms with Crippen LogP contribution in [-0.2, 0) is 0 Å². The summed E-state index contributed by atoms with van der Waals surface area (Å²) in [5, 5.41) is 7.63. The molecule has 1 aliphatic carbocycles. The first-order valence-corrected chi connectivity index (χ1v) is 16.5. The van der Waals surface area contributed by atoms with Crippen LogP contribution in [0, 0.1) is 0 Å². The number of aromatic nitrogens is 3. The normalized spacial score (nSPS) is 12.9. The Balaban J connectivity index is 1.17. The molecule has 0 aliphatic heterocycles. The molecule has 0 saturated carbocycles. The fourth-order valence-corrected chi connectivity index (χ4v) is 7.19. The number of benzene rings is 7. The van der Waals surface area contributed by atoms with Crippen LogP contribution in [0.2, 0.25) is 0 Å². The summed E-state index contributed by atoms with van der Waals surface area (Å²) >= 11 is 0. The summed E-state index contributed by atoms with van der Waals surface area (Å²) in [4.78, 5) is 14.3. The van der Waals surface area contributed by atoms with Crippen molar-refractivity contribution in [2.24, 2.45) is 0 Å². The summed E-state index contributed by atoms with van der Waals surface area (Å²) in [6.07, 6.45) is 10.5. The van der Waals surface area contributed by atoms with Crippen molar-refractivity contribution >= 4 is 37.9 Å². The SMILES string of the molecule is C1=CC(c2cccc(-c3ncnc(-c4ccccc4-c4ccccc4-c4ccc5c6ccccc6c6ccccc6c5c4)n3)c2)=CCC1. The van der Waals surface area contributed by atoms with E-state index >= 15 is 0 Å². The summed E-state index contributed by atoms with van der Waals surface area (Å²) in [5.41, 5.74) is 8.93. The molecule has 0 amide bonds. The molecule has 9 rings (SSSR count). The molecule has 8 aromatic rings. The van der Waals surface area contributed by atoms with Crippen molar-refractivity contribution in [3.63, 3.8) is 0 Å². The van der Waals surface area contributed by atoms with E-state index in [-0.39, 0.29) is 0 Å². The summed E-state index contributed by atoms with van der Waals surface area (Å²) in [7, 11) is 0. The Labute approximate surface area is 279 Å². The zero-order valence-corrected chi connectivity index (χ0v) is 26.3. The highest BCUT2D eigenvalue weighted by Gasteiger charge is 2.17. The van der Waals surface area contributed by atoms with E-state index in [4.69, 9.17) is 9.97 Å². The van der Waals surface area contributed by atoms with Crippen molar-refractivity contribution in [1.82, 2.24) is 15.0 Å². The molecule has 1 aliphatic rings. The number of fused-ring (bicyclic) bond motifs is 6. The molecule has 0 bridgehead atoms. The van der Waals surface area contributed by atoms with Crippen LogP contribution in [0.25, 0.3) is 82.9 Å². The van der Waals surface area contributed by atoms with Crippen LogP contribution in [-0.4, -0.2) is 15.0 Å². The van der Waals surface area contributed by atoms with Gasteiger partial charge in [-0.2, -0.15) is 0 Å². The smallest absolute Gasteiger partial charge is 0.163 e. The molecule has 48 heavy (non-hydrogen) atoms. The quantitative estimate of drug-likeness (QED) is 0.181. The number of hydrogen-bond acceptors (Lipinski definition) is 3. The number of nitrogens with zero attached hydrogens (tertiary/aromatic N) is 3. The number of allylic oxidation sites excluding steroid dienone is 4. The molecule has 0 radical (unpaired) electrons.